The Bertz CT molecular complexity index is 1060. The molecule has 1 saturated heterocycles. The van der Waals surface area contributed by atoms with Crippen LogP contribution < -0.4 is 0 Å². The molecule has 0 N–H and O–H groups in total. The number of piperazine rings is 1. The number of aromatic nitrogens is 2. The van der Waals surface area contributed by atoms with Crippen molar-refractivity contribution < 1.29 is 22.8 Å². The van der Waals surface area contributed by atoms with Gasteiger partial charge in [-0.1, -0.05) is 23.2 Å². The van der Waals surface area contributed by atoms with Crippen LogP contribution in [-0.4, -0.2) is 56.7 Å². The molecule has 11 heteroatoms. The van der Waals surface area contributed by atoms with Crippen LogP contribution in [0.5, 0.6) is 0 Å². The van der Waals surface area contributed by atoms with Crippen LogP contribution in [0.3, 0.4) is 0 Å². The van der Waals surface area contributed by atoms with Crippen molar-refractivity contribution in [2.75, 3.05) is 19.6 Å². The van der Waals surface area contributed by atoms with Crippen molar-refractivity contribution in [3.8, 4) is 0 Å². The molecular formula is C19H17Cl2F3N4O2. The number of nitrogens with zero attached hydrogens (tertiary/aromatic N) is 4. The molecule has 3 atom stereocenters. The minimum absolute atomic E-state index is 0.137. The summed E-state index contributed by atoms with van der Waals surface area (Å²) in [5.41, 5.74) is -1.92. The fourth-order valence-corrected chi connectivity index (χ4v) is 5.22. The normalized spacial score (nSPS) is 26.4. The zero-order valence-corrected chi connectivity index (χ0v) is 17.1. The molecule has 2 aromatic heterocycles. The number of imidazole rings is 1. The van der Waals surface area contributed by atoms with E-state index in [0.29, 0.717) is 6.54 Å². The highest BCUT2D eigenvalue weighted by Gasteiger charge is 2.49. The molecule has 2 aromatic rings. The number of hydrogen-bond acceptors (Lipinski definition) is 3. The van der Waals surface area contributed by atoms with Crippen LogP contribution in [0.4, 0.5) is 13.2 Å². The third-order valence-corrected chi connectivity index (χ3v) is 6.91. The Morgan fingerprint density at radius 2 is 1.83 bits per heavy atom. The highest BCUT2D eigenvalue weighted by Crippen LogP contribution is 2.53. The Kier molecular flexibility index (Phi) is 4.49. The summed E-state index contributed by atoms with van der Waals surface area (Å²) in [7, 11) is 0. The Hall–Kier alpha value is -2.00. The summed E-state index contributed by atoms with van der Waals surface area (Å²) >= 11 is 12.0. The van der Waals surface area contributed by atoms with Gasteiger partial charge in [0.2, 0.25) is 5.91 Å². The molecule has 3 fully saturated rings. The van der Waals surface area contributed by atoms with Gasteiger partial charge in [-0.05, 0) is 37.2 Å². The first-order valence-corrected chi connectivity index (χ1v) is 10.4. The third-order valence-electron chi connectivity index (χ3n) is 6.34. The second-order valence-corrected chi connectivity index (χ2v) is 9.00. The fourth-order valence-electron chi connectivity index (χ4n) is 4.76. The van der Waals surface area contributed by atoms with Crippen molar-refractivity contribution in [2.24, 2.45) is 11.8 Å². The van der Waals surface area contributed by atoms with E-state index in [9.17, 15) is 22.8 Å². The van der Waals surface area contributed by atoms with Crippen molar-refractivity contribution in [1.29, 1.82) is 0 Å². The molecule has 0 aromatic carbocycles. The molecule has 5 rings (SSSR count). The first kappa shape index (κ1) is 19.9. The van der Waals surface area contributed by atoms with Crippen molar-refractivity contribution in [1.82, 2.24) is 19.2 Å². The molecule has 2 saturated carbocycles. The minimum Gasteiger partial charge on any atom is -0.336 e. The number of carbonyl (C=O) groups is 2. The van der Waals surface area contributed by atoms with Gasteiger partial charge in [0, 0.05) is 25.3 Å². The van der Waals surface area contributed by atoms with E-state index >= 15 is 0 Å². The van der Waals surface area contributed by atoms with Crippen molar-refractivity contribution >= 4 is 40.7 Å². The smallest absolute Gasteiger partial charge is 0.336 e. The summed E-state index contributed by atoms with van der Waals surface area (Å²) < 4.78 is 41.0. The maximum atomic E-state index is 13.4. The predicted molar refractivity (Wildman–Crippen MR) is 102 cm³/mol. The van der Waals surface area contributed by atoms with Crippen molar-refractivity contribution in [3.63, 3.8) is 0 Å². The van der Waals surface area contributed by atoms with E-state index in [1.54, 1.807) is 0 Å². The molecule has 0 spiro atoms. The number of fused-ring (bicyclic) bond motifs is 2. The number of alkyl halides is 3. The molecule has 160 valence electrons. The summed E-state index contributed by atoms with van der Waals surface area (Å²) in [6, 6.07) is 0.969. The van der Waals surface area contributed by atoms with Gasteiger partial charge in [-0.2, -0.15) is 13.2 Å². The standard InChI is InChI=1S/C19H17Cl2F3N4O2/c20-11-6-13(19(22,23)24)17-25-15(16(21)28(17)7-11)18(30)26-1-2-27(14(29)8-26)12-4-9-3-10(9)5-12/h6-7,9-10,12H,1-5,8H2/t9-,10+,12?. The molecule has 0 bridgehead atoms. The first-order valence-electron chi connectivity index (χ1n) is 9.66. The zero-order chi connectivity index (χ0) is 21.4. The van der Waals surface area contributed by atoms with Gasteiger partial charge in [-0.15, -0.1) is 0 Å². The van der Waals surface area contributed by atoms with Gasteiger partial charge in [0.1, 0.15) is 17.3 Å². The van der Waals surface area contributed by atoms with Crippen LogP contribution in [0.15, 0.2) is 12.3 Å². The van der Waals surface area contributed by atoms with Crippen LogP contribution in [0.2, 0.25) is 10.2 Å². The fraction of sp³-hybridized carbons (Fsp3) is 0.526. The second-order valence-electron chi connectivity index (χ2n) is 8.21. The average Bonchev–Trinajstić information content (AvgIpc) is 3.15. The Morgan fingerprint density at radius 3 is 2.47 bits per heavy atom. The average molecular weight is 461 g/mol. The Labute approximate surface area is 179 Å². The SMILES string of the molecule is O=C(c1nc2c(C(F)(F)F)cc(Cl)cn2c1Cl)N1CCN(C2C[C@@H]3C[C@@H]3C2)C(=O)C1. The molecule has 6 nitrogen and oxygen atoms in total. The van der Waals surface area contributed by atoms with E-state index in [2.05, 4.69) is 4.98 Å². The van der Waals surface area contributed by atoms with E-state index in [1.807, 2.05) is 4.90 Å². The molecule has 0 radical (unpaired) electrons. The quantitative estimate of drug-likeness (QED) is 0.685. The summed E-state index contributed by atoms with van der Waals surface area (Å²) in [4.78, 5) is 32.6. The van der Waals surface area contributed by atoms with Crippen molar-refractivity contribution in [3.05, 3.63) is 33.7 Å². The van der Waals surface area contributed by atoms with Gasteiger partial charge in [0.15, 0.2) is 11.3 Å². The molecule has 1 aliphatic heterocycles. The molecule has 2 aliphatic carbocycles. The van der Waals surface area contributed by atoms with Gasteiger partial charge < -0.3 is 9.80 Å². The van der Waals surface area contributed by atoms with Gasteiger partial charge in [0.05, 0.1) is 5.02 Å². The van der Waals surface area contributed by atoms with Gasteiger partial charge in [-0.3, -0.25) is 14.0 Å². The van der Waals surface area contributed by atoms with Crippen molar-refractivity contribution in [2.45, 2.75) is 31.5 Å². The number of amides is 2. The summed E-state index contributed by atoms with van der Waals surface area (Å²) in [5, 5.41) is -0.458. The highest BCUT2D eigenvalue weighted by atomic mass is 35.5. The topological polar surface area (TPSA) is 57.9 Å². The second kappa shape index (κ2) is 6.75. The number of carbonyl (C=O) groups excluding carboxylic acids is 2. The Morgan fingerprint density at radius 1 is 1.13 bits per heavy atom. The lowest BCUT2D eigenvalue weighted by Crippen LogP contribution is -2.55. The summed E-state index contributed by atoms with van der Waals surface area (Å²) in [5.74, 6) is 0.637. The van der Waals surface area contributed by atoms with E-state index in [0.717, 1.165) is 35.1 Å². The first-order chi connectivity index (χ1) is 14.1. The molecule has 3 aliphatic rings. The van der Waals surface area contributed by atoms with Crippen LogP contribution >= 0.6 is 23.2 Å². The summed E-state index contributed by atoms with van der Waals surface area (Å²) in [6.07, 6.45) is -0.260. The van der Waals surface area contributed by atoms with E-state index in [-0.39, 0.29) is 40.9 Å². The predicted octanol–water partition coefficient (Wildman–Crippen LogP) is 3.74. The minimum atomic E-state index is -4.72. The molecule has 1 unspecified atom stereocenters. The summed E-state index contributed by atoms with van der Waals surface area (Å²) in [6.45, 7) is 0.550. The van der Waals surface area contributed by atoms with Gasteiger partial charge in [-0.25, -0.2) is 4.98 Å². The highest BCUT2D eigenvalue weighted by molar-refractivity contribution is 6.33. The van der Waals surface area contributed by atoms with E-state index in [1.165, 1.54) is 17.5 Å². The van der Waals surface area contributed by atoms with Crippen LogP contribution in [0.25, 0.3) is 5.65 Å². The van der Waals surface area contributed by atoms with Gasteiger partial charge in [0.25, 0.3) is 5.91 Å². The molecule has 2 amide bonds. The largest absolute Gasteiger partial charge is 0.420 e. The van der Waals surface area contributed by atoms with E-state index in [4.69, 9.17) is 23.2 Å². The van der Waals surface area contributed by atoms with Crippen LogP contribution in [-0.2, 0) is 11.0 Å². The molecular weight excluding hydrogens is 444 g/mol. The number of rotatable bonds is 2. The molecule has 3 heterocycles. The number of hydrogen-bond donors (Lipinski definition) is 0. The van der Waals surface area contributed by atoms with E-state index < -0.39 is 23.3 Å². The lowest BCUT2D eigenvalue weighted by molar-refractivity contribution is -0.138. The van der Waals surface area contributed by atoms with Crippen LogP contribution in [0, 0.1) is 11.8 Å². The number of halogens is 5. The number of pyridine rings is 1. The third kappa shape index (κ3) is 3.22. The lowest BCUT2D eigenvalue weighted by atomic mass is 10.1. The maximum absolute atomic E-state index is 13.4. The maximum Gasteiger partial charge on any atom is 0.420 e. The van der Waals surface area contributed by atoms with Gasteiger partial charge >= 0.3 is 6.18 Å². The monoisotopic (exact) mass is 460 g/mol. The lowest BCUT2D eigenvalue weighted by Gasteiger charge is -2.38. The molecule has 30 heavy (non-hydrogen) atoms. The Balaban J connectivity index is 1.40. The van der Waals surface area contributed by atoms with Crippen LogP contribution in [0.1, 0.15) is 35.3 Å². The zero-order valence-electron chi connectivity index (χ0n) is 15.6.